The van der Waals surface area contributed by atoms with Crippen molar-refractivity contribution >= 4 is 29.1 Å². The molecule has 1 heterocycles. The Morgan fingerprint density at radius 3 is 2.28 bits per heavy atom. The molecule has 3 rings (SSSR count). The lowest BCUT2D eigenvalue weighted by Crippen LogP contribution is -2.29. The van der Waals surface area contributed by atoms with Crippen LogP contribution in [0, 0.1) is 12.8 Å². The summed E-state index contributed by atoms with van der Waals surface area (Å²) in [5.74, 6) is -0.653. The lowest BCUT2D eigenvalue weighted by atomic mass is 10.1. The quantitative estimate of drug-likeness (QED) is 0.750. The highest BCUT2D eigenvalue weighted by molar-refractivity contribution is 6.04. The molecule has 2 aromatic carbocycles. The van der Waals surface area contributed by atoms with Crippen molar-refractivity contribution in [2.75, 3.05) is 23.7 Å². The van der Waals surface area contributed by atoms with Gasteiger partial charge in [-0.1, -0.05) is 31.0 Å². The van der Waals surface area contributed by atoms with E-state index in [-0.39, 0.29) is 30.1 Å². The molecule has 1 aliphatic rings. The second-order valence-corrected chi connectivity index (χ2v) is 7.48. The van der Waals surface area contributed by atoms with Crippen LogP contribution < -0.4 is 10.6 Å². The number of amides is 3. The summed E-state index contributed by atoms with van der Waals surface area (Å²) in [4.78, 5) is 38.7. The first-order valence-corrected chi connectivity index (χ1v) is 10.0. The van der Waals surface area contributed by atoms with E-state index >= 15 is 0 Å². The molecule has 6 heteroatoms. The highest BCUT2D eigenvalue weighted by atomic mass is 16.2. The molecule has 6 nitrogen and oxygen atoms in total. The molecule has 0 aliphatic carbocycles. The van der Waals surface area contributed by atoms with Crippen molar-refractivity contribution in [2.45, 2.75) is 33.1 Å². The van der Waals surface area contributed by atoms with Crippen molar-refractivity contribution in [3.8, 4) is 0 Å². The van der Waals surface area contributed by atoms with Crippen LogP contribution in [0.15, 0.2) is 48.5 Å². The highest BCUT2D eigenvalue weighted by Crippen LogP contribution is 2.21. The van der Waals surface area contributed by atoms with Gasteiger partial charge in [0.1, 0.15) is 0 Å². The summed E-state index contributed by atoms with van der Waals surface area (Å²) >= 11 is 0. The lowest BCUT2D eigenvalue weighted by Gasteiger charge is -2.16. The van der Waals surface area contributed by atoms with E-state index in [1.54, 1.807) is 29.2 Å². The smallest absolute Gasteiger partial charge is 0.255 e. The van der Waals surface area contributed by atoms with Crippen molar-refractivity contribution in [1.82, 2.24) is 4.90 Å². The van der Waals surface area contributed by atoms with Gasteiger partial charge < -0.3 is 15.5 Å². The van der Waals surface area contributed by atoms with Gasteiger partial charge in [-0.05, 0) is 49.7 Å². The Labute approximate surface area is 171 Å². The summed E-state index contributed by atoms with van der Waals surface area (Å²) in [6.07, 6.45) is 2.23. The molecule has 0 radical (unpaired) electrons. The van der Waals surface area contributed by atoms with Crippen LogP contribution in [0.25, 0.3) is 0 Å². The number of unbranched alkanes of at least 4 members (excludes halogenated alkanes) is 1. The zero-order chi connectivity index (χ0) is 20.8. The average molecular weight is 393 g/mol. The summed E-state index contributed by atoms with van der Waals surface area (Å²) in [5.41, 5.74) is 2.98. The number of carbonyl (C=O) groups excluding carboxylic acids is 3. The Balaban J connectivity index is 1.55. The third kappa shape index (κ3) is 5.44. The van der Waals surface area contributed by atoms with E-state index in [0.29, 0.717) is 24.3 Å². The van der Waals surface area contributed by atoms with Gasteiger partial charge in [0.15, 0.2) is 0 Å². The van der Waals surface area contributed by atoms with Crippen LogP contribution in [0.3, 0.4) is 0 Å². The Kier molecular flexibility index (Phi) is 6.65. The molecule has 1 unspecified atom stereocenters. The number of hydrogen-bond acceptors (Lipinski definition) is 3. The standard InChI is InChI=1S/C23H27N3O3/c1-3-4-13-26-15-18(14-21(26)27)23(29)25-20-11-7-17(8-12-20)22(28)24-19-9-5-16(2)6-10-19/h5-12,18H,3-4,13-15H2,1-2H3,(H,24,28)(H,25,29). The number of hydrogen-bond donors (Lipinski definition) is 2. The van der Waals surface area contributed by atoms with Crippen LogP contribution >= 0.6 is 0 Å². The molecule has 29 heavy (non-hydrogen) atoms. The van der Waals surface area contributed by atoms with Gasteiger partial charge in [-0.15, -0.1) is 0 Å². The van der Waals surface area contributed by atoms with Crippen LogP contribution in [0.2, 0.25) is 0 Å². The maximum atomic E-state index is 12.5. The van der Waals surface area contributed by atoms with Gasteiger partial charge in [0.05, 0.1) is 5.92 Å². The van der Waals surface area contributed by atoms with E-state index in [1.807, 2.05) is 31.2 Å². The Morgan fingerprint density at radius 2 is 1.62 bits per heavy atom. The van der Waals surface area contributed by atoms with Gasteiger partial charge in [-0.25, -0.2) is 0 Å². The summed E-state index contributed by atoms with van der Waals surface area (Å²) in [6.45, 7) is 5.25. The lowest BCUT2D eigenvalue weighted by molar-refractivity contribution is -0.128. The van der Waals surface area contributed by atoms with E-state index in [1.165, 1.54) is 0 Å². The van der Waals surface area contributed by atoms with Crippen LogP contribution in [0.1, 0.15) is 42.1 Å². The monoisotopic (exact) mass is 393 g/mol. The van der Waals surface area contributed by atoms with E-state index < -0.39 is 0 Å². The Morgan fingerprint density at radius 1 is 1.00 bits per heavy atom. The fourth-order valence-corrected chi connectivity index (χ4v) is 3.30. The van der Waals surface area contributed by atoms with E-state index in [9.17, 15) is 14.4 Å². The molecule has 0 saturated carbocycles. The first-order chi connectivity index (χ1) is 14.0. The van der Waals surface area contributed by atoms with Gasteiger partial charge >= 0.3 is 0 Å². The molecular weight excluding hydrogens is 366 g/mol. The van der Waals surface area contributed by atoms with Crippen molar-refractivity contribution < 1.29 is 14.4 Å². The molecule has 3 amide bonds. The van der Waals surface area contributed by atoms with Crippen LogP contribution in [0.5, 0.6) is 0 Å². The number of likely N-dealkylation sites (tertiary alicyclic amines) is 1. The molecule has 1 fully saturated rings. The normalized spacial score (nSPS) is 16.0. The minimum Gasteiger partial charge on any atom is -0.342 e. The summed E-state index contributed by atoms with van der Waals surface area (Å²) in [5, 5.41) is 5.70. The van der Waals surface area contributed by atoms with Crippen LogP contribution in [-0.4, -0.2) is 35.7 Å². The number of benzene rings is 2. The summed E-state index contributed by atoms with van der Waals surface area (Å²) in [6, 6.07) is 14.3. The third-order valence-corrected chi connectivity index (χ3v) is 5.09. The first-order valence-electron chi connectivity index (χ1n) is 10.0. The average Bonchev–Trinajstić information content (AvgIpc) is 3.09. The molecule has 0 spiro atoms. The molecule has 152 valence electrons. The molecule has 1 saturated heterocycles. The number of anilines is 2. The largest absolute Gasteiger partial charge is 0.342 e. The number of aryl methyl sites for hydroxylation is 1. The van der Waals surface area contributed by atoms with Gasteiger partial charge in [-0.2, -0.15) is 0 Å². The molecule has 2 N–H and O–H groups in total. The first kappa shape index (κ1) is 20.6. The van der Waals surface area contributed by atoms with E-state index in [0.717, 1.165) is 24.1 Å². The zero-order valence-electron chi connectivity index (χ0n) is 16.9. The van der Waals surface area contributed by atoms with Crippen molar-refractivity contribution in [2.24, 2.45) is 5.92 Å². The van der Waals surface area contributed by atoms with Crippen molar-refractivity contribution in [3.05, 3.63) is 59.7 Å². The minimum absolute atomic E-state index is 0.0433. The van der Waals surface area contributed by atoms with Crippen LogP contribution in [0.4, 0.5) is 11.4 Å². The fraction of sp³-hybridized carbons (Fsp3) is 0.348. The van der Waals surface area contributed by atoms with Gasteiger partial charge in [0.2, 0.25) is 11.8 Å². The second-order valence-electron chi connectivity index (χ2n) is 7.48. The zero-order valence-corrected chi connectivity index (χ0v) is 16.9. The summed E-state index contributed by atoms with van der Waals surface area (Å²) < 4.78 is 0. The maximum Gasteiger partial charge on any atom is 0.255 e. The van der Waals surface area contributed by atoms with E-state index in [2.05, 4.69) is 17.6 Å². The fourth-order valence-electron chi connectivity index (χ4n) is 3.30. The number of carbonyl (C=O) groups is 3. The molecular formula is C23H27N3O3. The highest BCUT2D eigenvalue weighted by Gasteiger charge is 2.33. The van der Waals surface area contributed by atoms with Crippen molar-refractivity contribution in [3.63, 3.8) is 0 Å². The van der Waals surface area contributed by atoms with Crippen LogP contribution in [-0.2, 0) is 9.59 Å². The minimum atomic E-state index is -0.330. The third-order valence-electron chi connectivity index (χ3n) is 5.09. The van der Waals surface area contributed by atoms with Gasteiger partial charge in [0, 0.05) is 36.4 Å². The number of nitrogens with zero attached hydrogens (tertiary/aromatic N) is 1. The molecule has 1 aliphatic heterocycles. The Bertz CT molecular complexity index is 875. The molecule has 0 aromatic heterocycles. The Hall–Kier alpha value is -3.15. The van der Waals surface area contributed by atoms with Gasteiger partial charge in [-0.3, -0.25) is 14.4 Å². The number of rotatable bonds is 7. The van der Waals surface area contributed by atoms with Crippen molar-refractivity contribution in [1.29, 1.82) is 0 Å². The molecule has 1 atom stereocenters. The predicted molar refractivity (Wildman–Crippen MR) is 114 cm³/mol. The molecule has 0 bridgehead atoms. The SMILES string of the molecule is CCCCN1CC(C(=O)Nc2ccc(C(=O)Nc3ccc(C)cc3)cc2)CC1=O. The second kappa shape index (κ2) is 9.37. The predicted octanol–water partition coefficient (Wildman–Crippen LogP) is 3.83. The molecule has 2 aromatic rings. The van der Waals surface area contributed by atoms with Gasteiger partial charge in [0.25, 0.3) is 5.91 Å². The topological polar surface area (TPSA) is 78.5 Å². The van der Waals surface area contributed by atoms with E-state index in [4.69, 9.17) is 0 Å². The maximum absolute atomic E-state index is 12.5. The summed E-state index contributed by atoms with van der Waals surface area (Å²) in [7, 11) is 0. The number of nitrogens with one attached hydrogen (secondary N) is 2.